The third-order valence-corrected chi connectivity index (χ3v) is 7.25. The van der Waals surface area contributed by atoms with E-state index in [4.69, 9.17) is 0 Å². The number of nitrogens with zero attached hydrogens (tertiary/aromatic N) is 2. The first-order valence-electron chi connectivity index (χ1n) is 11.0. The number of hydrogen-bond donors (Lipinski definition) is 2. The Hall–Kier alpha value is -0.134. The molecule has 2 heterocycles. The summed E-state index contributed by atoms with van der Waals surface area (Å²) in [5.41, 5.74) is 0. The first kappa shape index (κ1) is 28.9. The van der Waals surface area contributed by atoms with Crippen LogP contribution in [0.4, 0.5) is 4.79 Å². The summed E-state index contributed by atoms with van der Waals surface area (Å²) in [6.07, 6.45) is 10.4. The molecule has 3 atom stereocenters. The van der Waals surface area contributed by atoms with E-state index >= 15 is 0 Å². The van der Waals surface area contributed by atoms with E-state index in [9.17, 15) is 24.6 Å². The molecule has 0 aromatic rings. The molecule has 0 unspecified atom stereocenters. The Morgan fingerprint density at radius 2 is 1.68 bits per heavy atom. The van der Waals surface area contributed by atoms with Crippen molar-refractivity contribution in [2.75, 3.05) is 0 Å². The third-order valence-electron chi connectivity index (χ3n) is 5.67. The Morgan fingerprint density at radius 3 is 2.23 bits per heavy atom. The van der Waals surface area contributed by atoms with E-state index in [1.54, 1.807) is 13.8 Å². The zero-order valence-corrected chi connectivity index (χ0v) is 23.1. The van der Waals surface area contributed by atoms with Crippen LogP contribution in [-0.4, -0.2) is 56.0 Å². The number of carboxylic acids is 1. The predicted octanol–water partition coefficient (Wildman–Crippen LogP) is -0.105. The number of carboxylic acid groups (broad SMARTS) is 1. The molecule has 3 amide bonds. The number of urea groups is 1. The van der Waals surface area contributed by atoms with E-state index in [0.717, 1.165) is 12.8 Å². The maximum absolute atomic E-state index is 12.3. The second-order valence-corrected chi connectivity index (χ2v) is 10.4. The van der Waals surface area contributed by atoms with Gasteiger partial charge in [-0.05, 0) is 32.6 Å². The van der Waals surface area contributed by atoms with Gasteiger partial charge in [0.15, 0.2) is 0 Å². The van der Waals surface area contributed by atoms with Crippen LogP contribution in [-0.2, 0) is 9.59 Å². The molecule has 2 rings (SSSR count). The molecule has 2 aliphatic rings. The number of nitrogens with one attached hydrogen (secondary N) is 1. The second kappa shape index (κ2) is 13.5. The van der Waals surface area contributed by atoms with E-state index in [-0.39, 0.29) is 57.8 Å². The molecule has 31 heavy (non-hydrogen) atoms. The van der Waals surface area contributed by atoms with Gasteiger partial charge < -0.3 is 20.4 Å². The minimum Gasteiger partial charge on any atom is -0.862 e. The van der Waals surface area contributed by atoms with Crippen LogP contribution < -0.4 is 61.8 Å². The molecular formula is C21H34KN3O5S. The Morgan fingerprint density at radius 1 is 1.13 bits per heavy atom. The van der Waals surface area contributed by atoms with Gasteiger partial charge in [0.05, 0.1) is 0 Å². The first-order valence-corrected chi connectivity index (χ1v) is 11.8. The first-order chi connectivity index (χ1) is 14.2. The van der Waals surface area contributed by atoms with Gasteiger partial charge in [0.2, 0.25) is 5.91 Å². The van der Waals surface area contributed by atoms with Crippen LogP contribution >= 0.6 is 11.8 Å². The van der Waals surface area contributed by atoms with E-state index in [2.05, 4.69) is 17.2 Å². The van der Waals surface area contributed by atoms with Crippen LogP contribution in [0.3, 0.4) is 0 Å². The monoisotopic (exact) mass is 479 g/mol. The molecule has 0 aliphatic carbocycles. The number of carbonyl (C=O) groups excluding carboxylic acids is 2. The Labute approximate surface area is 231 Å². The number of rotatable bonds is 12. The third kappa shape index (κ3) is 7.99. The molecule has 2 saturated heterocycles. The second-order valence-electron chi connectivity index (χ2n) is 8.61. The molecule has 170 valence electrons. The average molecular weight is 480 g/mol. The van der Waals surface area contributed by atoms with Crippen LogP contribution in [0, 0.1) is 0 Å². The summed E-state index contributed by atoms with van der Waals surface area (Å²) < 4.78 is -0.658. The topological polar surface area (TPSA) is 122 Å². The molecule has 8 nitrogen and oxygen atoms in total. The quantitative estimate of drug-likeness (QED) is 0.132. The van der Waals surface area contributed by atoms with E-state index in [0.29, 0.717) is 6.42 Å². The van der Waals surface area contributed by atoms with Crippen molar-refractivity contribution in [3.05, 3.63) is 0 Å². The van der Waals surface area contributed by atoms with Gasteiger partial charge in [-0.3, -0.25) is 4.79 Å². The minimum atomic E-state index is -1.06. The molecule has 0 aromatic heterocycles. The number of amides is 3. The molecule has 0 saturated carbocycles. The molecule has 0 radical (unpaired) electrons. The Bertz CT molecular complexity index is 673. The number of unbranched alkanes of at least 4 members (excludes halogenated alkanes) is 8. The Kier molecular flexibility index (Phi) is 12.6. The van der Waals surface area contributed by atoms with Crippen molar-refractivity contribution < 1.29 is 76.0 Å². The molecule has 0 bridgehead atoms. The molecular weight excluding hydrogens is 445 g/mol. The van der Waals surface area contributed by atoms with Crippen molar-refractivity contribution >= 4 is 35.6 Å². The van der Waals surface area contributed by atoms with Crippen LogP contribution in [0.15, 0.2) is 4.99 Å². The van der Waals surface area contributed by atoms with E-state index in [1.807, 2.05) is 0 Å². The standard InChI is InChI=1S/C21H35N3O5S.K/c1-4-5-6-7-8-9-10-11-12-13-14(25)22-20(29)23-15-17(26)24-16(19(27)28)21(2,3)30-18(15)24;/h15-16,18H,4-13H2,1-3H3,(H,27,28)(H2,22,23,25,29);/q;+1/p-1/t15-,16+,18-;/m1./s1. The van der Waals surface area contributed by atoms with Gasteiger partial charge in [0.25, 0.3) is 0 Å². The summed E-state index contributed by atoms with van der Waals surface area (Å²) in [6, 6.07) is -2.60. The van der Waals surface area contributed by atoms with Gasteiger partial charge >= 0.3 is 63.4 Å². The van der Waals surface area contributed by atoms with Crippen LogP contribution in [0.25, 0.3) is 0 Å². The number of β-lactam (4-membered cyclic amide) rings is 1. The zero-order valence-electron chi connectivity index (χ0n) is 19.2. The number of thioether (sulfide) groups is 1. The molecule has 2 aliphatic heterocycles. The molecule has 2 N–H and O–H groups in total. The summed E-state index contributed by atoms with van der Waals surface area (Å²) in [5, 5.41) is 23.3. The smallest absolute Gasteiger partial charge is 0.862 e. The minimum absolute atomic E-state index is 0. The number of aliphatic carboxylic acids is 1. The summed E-state index contributed by atoms with van der Waals surface area (Å²) in [4.78, 5) is 40.7. The van der Waals surface area contributed by atoms with Crippen molar-refractivity contribution in [2.45, 2.75) is 107 Å². The van der Waals surface area contributed by atoms with Crippen LogP contribution in [0.1, 0.15) is 85.0 Å². The summed E-state index contributed by atoms with van der Waals surface area (Å²) >= 11 is 1.34. The summed E-state index contributed by atoms with van der Waals surface area (Å²) in [7, 11) is 0. The number of fused-ring (bicyclic) bond motifs is 1. The van der Waals surface area contributed by atoms with E-state index < -0.39 is 46.0 Å². The zero-order chi connectivity index (χ0) is 22.3. The van der Waals surface area contributed by atoms with Crippen LogP contribution in [0.2, 0.25) is 0 Å². The molecule has 0 aromatic carbocycles. The maximum Gasteiger partial charge on any atom is 1.00 e. The number of aliphatic imine (C=N–C) groups is 1. The fraction of sp³-hybridized carbons (Fsp3) is 0.810. The average Bonchev–Trinajstić information content (AvgIpc) is 2.93. The maximum atomic E-state index is 12.3. The fourth-order valence-corrected chi connectivity index (χ4v) is 5.69. The number of hydrogen-bond acceptors (Lipinski definition) is 5. The van der Waals surface area contributed by atoms with Gasteiger partial charge in [0.1, 0.15) is 17.5 Å². The van der Waals surface area contributed by atoms with Gasteiger partial charge in [-0.2, -0.15) is 0 Å². The predicted molar refractivity (Wildman–Crippen MR) is 115 cm³/mol. The number of carbonyl (C=O) groups is 3. The van der Waals surface area contributed by atoms with Crippen molar-refractivity contribution in [1.82, 2.24) is 10.2 Å². The van der Waals surface area contributed by atoms with Crippen molar-refractivity contribution in [2.24, 2.45) is 4.99 Å². The van der Waals surface area contributed by atoms with Crippen molar-refractivity contribution in [3.63, 3.8) is 0 Å². The normalized spacial score (nSPS) is 24.2. The molecule has 10 heteroatoms. The van der Waals surface area contributed by atoms with E-state index in [1.165, 1.54) is 55.2 Å². The molecule has 0 spiro atoms. The van der Waals surface area contributed by atoms with Crippen LogP contribution in [0.5, 0.6) is 0 Å². The van der Waals surface area contributed by atoms with Gasteiger partial charge in [-0.1, -0.05) is 58.3 Å². The van der Waals surface area contributed by atoms with Gasteiger partial charge in [-0.25, -0.2) is 14.6 Å². The fourth-order valence-electron chi connectivity index (χ4n) is 4.07. The summed E-state index contributed by atoms with van der Waals surface area (Å²) in [6.45, 7) is 5.73. The summed E-state index contributed by atoms with van der Waals surface area (Å²) in [5.74, 6) is -1.99. The van der Waals surface area contributed by atoms with Gasteiger partial charge in [-0.15, -0.1) is 11.8 Å². The largest absolute Gasteiger partial charge is 1.00 e. The Balaban J connectivity index is 0.00000480. The molecule has 2 fully saturated rings. The van der Waals surface area contributed by atoms with Crippen molar-refractivity contribution in [3.8, 4) is 0 Å². The SMILES string of the molecule is CCCCCCCCCCCC([O-])=NC(=O)N[C@@H]1C(=O)N2[C@@H]1SC(C)(C)[C@@H]2C(=O)O.[K+]. The van der Waals surface area contributed by atoms with Gasteiger partial charge in [0, 0.05) is 4.75 Å². The van der Waals surface area contributed by atoms with Crippen molar-refractivity contribution in [1.29, 1.82) is 0 Å².